The van der Waals surface area contributed by atoms with Crippen LogP contribution >= 0.6 is 0 Å². The van der Waals surface area contributed by atoms with Crippen LogP contribution < -0.4 is 10.6 Å². The molecule has 0 saturated carbocycles. The molecule has 0 saturated heterocycles. The first-order valence-corrected chi connectivity index (χ1v) is 14.0. The first kappa shape index (κ1) is 33.5. The molecule has 0 fully saturated rings. The van der Waals surface area contributed by atoms with E-state index in [1.807, 2.05) is 60.7 Å². The second-order valence-corrected chi connectivity index (χ2v) is 10.2. The monoisotopic (exact) mass is 564 g/mol. The second-order valence-electron chi connectivity index (χ2n) is 10.2. The fourth-order valence-electron chi connectivity index (χ4n) is 4.54. The lowest BCUT2D eigenvalue weighted by Crippen LogP contribution is -2.47. The smallest absolute Gasteiger partial charge is 0.309 e. The molecule has 5 unspecified atom stereocenters. The van der Waals surface area contributed by atoms with Gasteiger partial charge in [-0.25, -0.2) is 0 Å². The zero-order valence-electron chi connectivity index (χ0n) is 24.2. The van der Waals surface area contributed by atoms with Gasteiger partial charge in [0.1, 0.15) is 6.10 Å². The molecular formula is C33H44N2O6. The van der Waals surface area contributed by atoms with E-state index in [0.717, 1.165) is 5.56 Å². The molecule has 0 aliphatic rings. The van der Waals surface area contributed by atoms with Crippen molar-refractivity contribution in [2.24, 2.45) is 11.8 Å². The van der Waals surface area contributed by atoms with E-state index in [-0.39, 0.29) is 43.8 Å². The summed E-state index contributed by atoms with van der Waals surface area (Å²) in [5.74, 6) is -2.23. The van der Waals surface area contributed by atoms with Crippen molar-refractivity contribution in [2.75, 3.05) is 20.3 Å². The lowest BCUT2D eigenvalue weighted by atomic mass is 9.94. The van der Waals surface area contributed by atoms with E-state index in [4.69, 9.17) is 9.47 Å². The zero-order valence-corrected chi connectivity index (χ0v) is 24.2. The zero-order chi connectivity index (χ0) is 30.0. The Morgan fingerprint density at radius 2 is 1.61 bits per heavy atom. The molecule has 8 heteroatoms. The summed E-state index contributed by atoms with van der Waals surface area (Å²) in [6.07, 6.45) is 4.46. The van der Waals surface area contributed by atoms with Gasteiger partial charge in [0.15, 0.2) is 0 Å². The van der Waals surface area contributed by atoms with Crippen LogP contribution in [0.1, 0.15) is 49.8 Å². The van der Waals surface area contributed by atoms with Crippen LogP contribution in [0, 0.1) is 11.8 Å². The second kappa shape index (κ2) is 18.6. The maximum absolute atomic E-state index is 13.6. The number of hydrogen-bond donors (Lipinski definition) is 3. The lowest BCUT2D eigenvalue weighted by molar-refractivity contribution is -0.158. The number of nitrogens with one attached hydrogen (secondary N) is 2. The molecule has 0 heterocycles. The van der Waals surface area contributed by atoms with Crippen molar-refractivity contribution in [2.45, 2.75) is 57.2 Å². The summed E-state index contributed by atoms with van der Waals surface area (Å²) >= 11 is 0. The quantitative estimate of drug-likeness (QED) is 0.173. The molecule has 41 heavy (non-hydrogen) atoms. The summed E-state index contributed by atoms with van der Waals surface area (Å²) in [7, 11) is 1.51. The van der Waals surface area contributed by atoms with Crippen LogP contribution in [0.3, 0.4) is 0 Å². The average molecular weight is 565 g/mol. The van der Waals surface area contributed by atoms with Gasteiger partial charge in [0.25, 0.3) is 0 Å². The van der Waals surface area contributed by atoms with E-state index in [2.05, 4.69) is 23.8 Å². The van der Waals surface area contributed by atoms with Gasteiger partial charge in [-0.3, -0.25) is 14.4 Å². The Labute approximate surface area is 243 Å². The van der Waals surface area contributed by atoms with Gasteiger partial charge in [-0.2, -0.15) is 0 Å². The number of esters is 1. The van der Waals surface area contributed by atoms with Crippen LogP contribution in [0.4, 0.5) is 0 Å². The Kier molecular flexibility index (Phi) is 15.2. The summed E-state index contributed by atoms with van der Waals surface area (Å²) in [6, 6.07) is 17.8. The highest BCUT2D eigenvalue weighted by atomic mass is 16.5. The predicted molar refractivity (Wildman–Crippen MR) is 160 cm³/mol. The molecule has 0 radical (unpaired) electrons. The predicted octanol–water partition coefficient (Wildman–Crippen LogP) is 4.31. The van der Waals surface area contributed by atoms with Gasteiger partial charge in [-0.05, 0) is 43.7 Å². The molecule has 222 valence electrons. The maximum atomic E-state index is 13.6. The Bertz CT molecular complexity index is 1090. The molecule has 2 rings (SSSR count). The summed E-state index contributed by atoms with van der Waals surface area (Å²) in [6.45, 7) is 9.07. The molecule has 2 amide bonds. The molecule has 0 aliphatic carbocycles. The minimum absolute atomic E-state index is 0.0726. The molecule has 0 aromatic heterocycles. The van der Waals surface area contributed by atoms with Crippen LogP contribution in [0.2, 0.25) is 0 Å². The van der Waals surface area contributed by atoms with Crippen LogP contribution in [0.15, 0.2) is 86.0 Å². The number of benzene rings is 2. The Morgan fingerprint density at radius 1 is 0.951 bits per heavy atom. The topological polar surface area (TPSA) is 114 Å². The standard InChI is InChI=1S/C33H44N2O6/c1-5-7-17-28(20-25-15-10-8-11-16-25)33(39)41-31(26-18-12-9-13-19-26)29(23-40-4)35-32(38)27(14-6-2)21-30(37)34-24(3)22-36/h5-6,8-13,15-16,18-19,24,27-29,31,36H,1-2,7,14,17,20-23H2,3-4H3,(H,34,37)(H,35,38). The number of amides is 2. The van der Waals surface area contributed by atoms with Gasteiger partial charge >= 0.3 is 5.97 Å². The Hall–Kier alpha value is -3.75. The maximum Gasteiger partial charge on any atom is 0.309 e. The Balaban J connectivity index is 2.31. The minimum atomic E-state index is -0.831. The van der Waals surface area contributed by atoms with Crippen molar-refractivity contribution in [3.05, 3.63) is 97.1 Å². The SMILES string of the molecule is C=CCCC(Cc1ccccc1)C(=O)OC(c1ccccc1)C(COC)NC(=O)C(CC=C)CC(=O)NC(C)CO. The number of aliphatic hydroxyl groups excluding tert-OH is 1. The van der Waals surface area contributed by atoms with E-state index < -0.39 is 30.0 Å². The van der Waals surface area contributed by atoms with Gasteiger partial charge in [0.2, 0.25) is 11.8 Å². The number of allylic oxidation sites excluding steroid dienone is 2. The average Bonchev–Trinajstić information content (AvgIpc) is 2.98. The third kappa shape index (κ3) is 11.7. The number of hydrogen-bond acceptors (Lipinski definition) is 6. The minimum Gasteiger partial charge on any atom is -0.455 e. The molecule has 8 nitrogen and oxygen atoms in total. The fraction of sp³-hybridized carbons (Fsp3) is 0.424. The number of carbonyl (C=O) groups is 3. The summed E-state index contributed by atoms with van der Waals surface area (Å²) in [4.78, 5) is 39.6. The van der Waals surface area contributed by atoms with E-state index in [1.54, 1.807) is 19.1 Å². The highest BCUT2D eigenvalue weighted by Gasteiger charge is 2.33. The van der Waals surface area contributed by atoms with Crippen LogP contribution in [-0.2, 0) is 30.3 Å². The van der Waals surface area contributed by atoms with Crippen LogP contribution in [-0.4, -0.2) is 55.3 Å². The van der Waals surface area contributed by atoms with E-state index >= 15 is 0 Å². The number of carbonyl (C=O) groups excluding carboxylic acids is 3. The first-order valence-electron chi connectivity index (χ1n) is 14.0. The molecule has 2 aromatic carbocycles. The fourth-order valence-corrected chi connectivity index (χ4v) is 4.54. The van der Waals surface area contributed by atoms with Gasteiger partial charge in [0.05, 0.1) is 31.1 Å². The summed E-state index contributed by atoms with van der Waals surface area (Å²) < 4.78 is 11.6. The lowest BCUT2D eigenvalue weighted by Gasteiger charge is -2.30. The first-order chi connectivity index (χ1) is 19.8. The highest BCUT2D eigenvalue weighted by Crippen LogP contribution is 2.27. The molecule has 0 bridgehead atoms. The molecular weight excluding hydrogens is 520 g/mol. The van der Waals surface area contributed by atoms with Crippen molar-refractivity contribution in [3.63, 3.8) is 0 Å². The molecule has 3 N–H and O–H groups in total. The van der Waals surface area contributed by atoms with E-state index in [1.165, 1.54) is 7.11 Å². The van der Waals surface area contributed by atoms with Crippen LogP contribution in [0.25, 0.3) is 0 Å². The normalized spacial score (nSPS) is 14.5. The largest absolute Gasteiger partial charge is 0.455 e. The van der Waals surface area contributed by atoms with Crippen molar-refractivity contribution >= 4 is 17.8 Å². The van der Waals surface area contributed by atoms with Crippen molar-refractivity contribution in [3.8, 4) is 0 Å². The van der Waals surface area contributed by atoms with Gasteiger partial charge in [-0.15, -0.1) is 13.2 Å². The third-order valence-electron chi connectivity index (χ3n) is 6.72. The van der Waals surface area contributed by atoms with Gasteiger partial charge < -0.3 is 25.2 Å². The van der Waals surface area contributed by atoms with Crippen molar-refractivity contribution in [1.29, 1.82) is 0 Å². The number of rotatable bonds is 19. The van der Waals surface area contributed by atoms with Crippen molar-refractivity contribution < 1.29 is 29.0 Å². The molecule has 2 aromatic rings. The number of methoxy groups -OCH3 is 1. The van der Waals surface area contributed by atoms with Gasteiger partial charge in [-0.1, -0.05) is 72.8 Å². The van der Waals surface area contributed by atoms with E-state index in [0.29, 0.717) is 24.8 Å². The molecule has 5 atom stereocenters. The molecule has 0 spiro atoms. The number of aliphatic hydroxyl groups is 1. The Morgan fingerprint density at radius 3 is 2.20 bits per heavy atom. The van der Waals surface area contributed by atoms with E-state index in [9.17, 15) is 19.5 Å². The summed E-state index contributed by atoms with van der Waals surface area (Å²) in [5.41, 5.74) is 1.73. The highest BCUT2D eigenvalue weighted by molar-refractivity contribution is 5.86. The van der Waals surface area contributed by atoms with Crippen molar-refractivity contribution in [1.82, 2.24) is 10.6 Å². The third-order valence-corrected chi connectivity index (χ3v) is 6.72. The summed E-state index contributed by atoms with van der Waals surface area (Å²) in [5, 5.41) is 14.9. The van der Waals surface area contributed by atoms with Gasteiger partial charge in [0, 0.05) is 19.6 Å². The molecule has 0 aliphatic heterocycles. The number of ether oxygens (including phenoxy) is 2. The van der Waals surface area contributed by atoms with Crippen LogP contribution in [0.5, 0.6) is 0 Å².